The van der Waals surface area contributed by atoms with E-state index in [9.17, 15) is 13.2 Å². The van der Waals surface area contributed by atoms with Gasteiger partial charge in [0.05, 0.1) is 5.75 Å². The molecule has 6 nitrogen and oxygen atoms in total. The van der Waals surface area contributed by atoms with Crippen LogP contribution in [0, 0.1) is 0 Å². The van der Waals surface area contributed by atoms with Gasteiger partial charge in [0.1, 0.15) is 6.54 Å². The highest BCUT2D eigenvalue weighted by Crippen LogP contribution is 2.12. The molecule has 3 N–H and O–H groups in total. The molecule has 94 valence electrons. The molecule has 0 amide bonds. The number of hydrogen-bond donors (Lipinski definition) is 2. The number of aliphatic carboxylic acids is 1. The number of anilines is 1. The van der Waals surface area contributed by atoms with E-state index in [2.05, 4.69) is 0 Å². The van der Waals surface area contributed by atoms with E-state index < -0.39 is 16.0 Å². The van der Waals surface area contributed by atoms with Crippen LogP contribution in [-0.2, 0) is 14.8 Å². The van der Waals surface area contributed by atoms with E-state index in [1.54, 1.807) is 30.3 Å². The Morgan fingerprint density at radius 3 is 2.35 bits per heavy atom. The van der Waals surface area contributed by atoms with Gasteiger partial charge in [0.2, 0.25) is 10.0 Å². The molecule has 1 aromatic carbocycles. The van der Waals surface area contributed by atoms with Gasteiger partial charge in [0, 0.05) is 12.2 Å². The predicted octanol–water partition coefficient (Wildman–Crippen LogP) is -0.134. The molecule has 0 bridgehead atoms. The van der Waals surface area contributed by atoms with Crippen molar-refractivity contribution in [3.8, 4) is 0 Å². The van der Waals surface area contributed by atoms with Crippen LogP contribution in [0.25, 0.3) is 0 Å². The Morgan fingerprint density at radius 2 is 1.88 bits per heavy atom. The van der Waals surface area contributed by atoms with Gasteiger partial charge in [0.15, 0.2) is 0 Å². The van der Waals surface area contributed by atoms with Crippen molar-refractivity contribution in [3.63, 3.8) is 0 Å². The van der Waals surface area contributed by atoms with Gasteiger partial charge in [-0.05, 0) is 12.1 Å². The Kier molecular flexibility index (Phi) is 4.47. The van der Waals surface area contributed by atoms with Crippen molar-refractivity contribution in [2.24, 2.45) is 5.14 Å². The number of primary sulfonamides is 1. The zero-order valence-electron chi connectivity index (χ0n) is 9.11. The van der Waals surface area contributed by atoms with Crippen LogP contribution >= 0.6 is 0 Å². The summed E-state index contributed by atoms with van der Waals surface area (Å²) in [5.74, 6) is -1.31. The maximum absolute atomic E-state index is 10.9. The third kappa shape index (κ3) is 5.32. The van der Waals surface area contributed by atoms with Crippen molar-refractivity contribution in [1.82, 2.24) is 0 Å². The Hall–Kier alpha value is -1.60. The second-order valence-corrected chi connectivity index (χ2v) is 5.25. The molecule has 1 rings (SSSR count). The van der Waals surface area contributed by atoms with Gasteiger partial charge in [-0.25, -0.2) is 13.6 Å². The smallest absolute Gasteiger partial charge is 0.323 e. The third-order valence-electron chi connectivity index (χ3n) is 2.09. The first-order chi connectivity index (χ1) is 7.88. The minimum atomic E-state index is -3.60. The summed E-state index contributed by atoms with van der Waals surface area (Å²) in [6.07, 6.45) is 0. The van der Waals surface area contributed by atoms with Gasteiger partial charge in [-0.1, -0.05) is 18.2 Å². The molecule has 0 saturated heterocycles. The lowest BCUT2D eigenvalue weighted by molar-refractivity contribution is -0.135. The van der Waals surface area contributed by atoms with Gasteiger partial charge in [-0.2, -0.15) is 0 Å². The molecule has 0 heterocycles. The van der Waals surface area contributed by atoms with E-state index in [1.165, 1.54) is 4.90 Å². The van der Waals surface area contributed by atoms with E-state index in [0.717, 1.165) is 0 Å². The zero-order chi connectivity index (χ0) is 12.9. The lowest BCUT2D eigenvalue weighted by Crippen LogP contribution is -2.35. The minimum absolute atomic E-state index is 0.0507. The highest BCUT2D eigenvalue weighted by molar-refractivity contribution is 7.89. The average molecular weight is 258 g/mol. The van der Waals surface area contributed by atoms with Gasteiger partial charge in [-0.15, -0.1) is 0 Å². The number of sulfonamides is 1. The molecule has 0 aliphatic rings. The number of nitrogens with two attached hydrogens (primary N) is 1. The molecule has 1 aromatic rings. The average Bonchev–Trinajstić information content (AvgIpc) is 2.24. The fraction of sp³-hybridized carbons (Fsp3) is 0.300. The number of carbonyl (C=O) groups is 1. The van der Waals surface area contributed by atoms with Crippen LogP contribution in [0.3, 0.4) is 0 Å². The molecule has 0 unspecified atom stereocenters. The quantitative estimate of drug-likeness (QED) is 0.740. The Morgan fingerprint density at radius 1 is 1.29 bits per heavy atom. The van der Waals surface area contributed by atoms with Gasteiger partial charge in [0.25, 0.3) is 0 Å². The molecule has 7 heteroatoms. The van der Waals surface area contributed by atoms with Crippen LogP contribution in [0.1, 0.15) is 0 Å². The summed E-state index contributed by atoms with van der Waals surface area (Å²) in [5, 5.41) is 13.6. The lowest BCUT2D eigenvalue weighted by atomic mass is 10.3. The van der Waals surface area contributed by atoms with Crippen molar-refractivity contribution in [2.75, 3.05) is 23.7 Å². The summed E-state index contributed by atoms with van der Waals surface area (Å²) in [4.78, 5) is 12.1. The highest BCUT2D eigenvalue weighted by Gasteiger charge is 2.13. The van der Waals surface area contributed by atoms with E-state index >= 15 is 0 Å². The Bertz CT molecular complexity index is 472. The van der Waals surface area contributed by atoms with Gasteiger partial charge >= 0.3 is 5.97 Å². The van der Waals surface area contributed by atoms with Crippen molar-refractivity contribution >= 4 is 21.7 Å². The van der Waals surface area contributed by atoms with Crippen molar-refractivity contribution < 1.29 is 18.3 Å². The van der Waals surface area contributed by atoms with E-state index in [4.69, 9.17) is 10.2 Å². The molecule has 17 heavy (non-hydrogen) atoms. The molecule has 0 saturated carbocycles. The molecule has 0 aromatic heterocycles. The maximum atomic E-state index is 10.9. The normalized spacial score (nSPS) is 11.1. The highest BCUT2D eigenvalue weighted by atomic mass is 32.2. The first-order valence-electron chi connectivity index (χ1n) is 4.91. The van der Waals surface area contributed by atoms with E-state index in [1.807, 2.05) is 0 Å². The SMILES string of the molecule is NS(=O)(=O)CCN(CC(=O)O)c1ccccc1. The van der Waals surface area contributed by atoms with Crippen LogP contribution in [0.4, 0.5) is 5.69 Å². The zero-order valence-corrected chi connectivity index (χ0v) is 9.93. The predicted molar refractivity (Wildman–Crippen MR) is 64.3 cm³/mol. The second-order valence-electron chi connectivity index (χ2n) is 3.52. The van der Waals surface area contributed by atoms with Gasteiger partial charge < -0.3 is 10.0 Å². The number of hydrogen-bond acceptors (Lipinski definition) is 4. The van der Waals surface area contributed by atoms with Crippen molar-refractivity contribution in [3.05, 3.63) is 30.3 Å². The number of nitrogens with zero attached hydrogens (tertiary/aromatic N) is 1. The summed E-state index contributed by atoms with van der Waals surface area (Å²) in [5.41, 5.74) is 0.651. The molecule has 0 aliphatic carbocycles. The monoisotopic (exact) mass is 258 g/mol. The summed E-state index contributed by atoms with van der Waals surface area (Å²) in [6.45, 7) is -0.214. The lowest BCUT2D eigenvalue weighted by Gasteiger charge is -2.22. The number of carboxylic acids is 1. The molecular formula is C10H14N2O4S. The molecule has 0 fully saturated rings. The fourth-order valence-electron chi connectivity index (χ4n) is 1.34. The van der Waals surface area contributed by atoms with Crippen LogP contribution < -0.4 is 10.0 Å². The molecule has 0 atom stereocenters. The number of carboxylic acid groups (broad SMARTS) is 1. The third-order valence-corrected chi connectivity index (χ3v) is 2.84. The van der Waals surface area contributed by atoms with Crippen LogP contribution in [0.5, 0.6) is 0 Å². The standard InChI is InChI=1S/C10H14N2O4S/c11-17(15,16)7-6-12(8-10(13)14)9-4-2-1-3-5-9/h1-5H,6-8H2,(H,13,14)(H2,11,15,16). The Labute approximate surface area is 99.7 Å². The van der Waals surface area contributed by atoms with E-state index in [-0.39, 0.29) is 18.8 Å². The molecule has 0 radical (unpaired) electrons. The van der Waals surface area contributed by atoms with Crippen LogP contribution in [0.2, 0.25) is 0 Å². The first-order valence-corrected chi connectivity index (χ1v) is 6.62. The van der Waals surface area contributed by atoms with Gasteiger partial charge in [-0.3, -0.25) is 4.79 Å². The Balaban J connectivity index is 2.78. The van der Waals surface area contributed by atoms with Crippen molar-refractivity contribution in [1.29, 1.82) is 0 Å². The fourth-order valence-corrected chi connectivity index (χ4v) is 1.81. The summed E-state index contributed by atoms with van der Waals surface area (Å²) in [7, 11) is -3.60. The maximum Gasteiger partial charge on any atom is 0.323 e. The molecule has 0 spiro atoms. The number of benzene rings is 1. The second kappa shape index (κ2) is 5.65. The summed E-state index contributed by atoms with van der Waals surface area (Å²) < 4.78 is 21.7. The number of para-hydroxylation sites is 1. The minimum Gasteiger partial charge on any atom is -0.480 e. The number of rotatable bonds is 6. The largest absolute Gasteiger partial charge is 0.480 e. The molecular weight excluding hydrogens is 244 g/mol. The summed E-state index contributed by atoms with van der Waals surface area (Å²) in [6, 6.07) is 8.72. The van der Waals surface area contributed by atoms with E-state index in [0.29, 0.717) is 5.69 Å². The summed E-state index contributed by atoms with van der Waals surface area (Å²) >= 11 is 0. The van der Waals surface area contributed by atoms with Crippen LogP contribution in [-0.4, -0.2) is 38.3 Å². The molecule has 0 aliphatic heterocycles. The first kappa shape index (κ1) is 13.5. The van der Waals surface area contributed by atoms with Crippen LogP contribution in [0.15, 0.2) is 30.3 Å². The van der Waals surface area contributed by atoms with Crippen molar-refractivity contribution in [2.45, 2.75) is 0 Å². The topological polar surface area (TPSA) is 101 Å².